The van der Waals surface area contributed by atoms with Gasteiger partial charge in [-0.1, -0.05) is 24.3 Å². The third kappa shape index (κ3) is 5.82. The molecular weight excluding hydrogens is 559 g/mol. The lowest BCUT2D eigenvalue weighted by Crippen LogP contribution is -2.12. The molecule has 1 saturated carbocycles. The monoisotopic (exact) mass is 586 g/mol. The number of methoxy groups -OCH3 is 1. The number of carbonyl (C=O) groups is 1. The first-order chi connectivity index (χ1) is 19.9. The number of carbonyl (C=O) groups excluding carboxylic acids is 1. The third-order valence-electron chi connectivity index (χ3n) is 7.21. The normalized spacial score (nSPS) is 13.8. The van der Waals surface area contributed by atoms with Gasteiger partial charge in [0.25, 0.3) is 0 Å². The summed E-state index contributed by atoms with van der Waals surface area (Å²) in [6.07, 6.45) is 4.39. The Bertz CT molecular complexity index is 1710. The average Bonchev–Trinajstić information content (AvgIpc) is 3.56. The highest BCUT2D eigenvalue weighted by atomic mass is 32.2. The van der Waals surface area contributed by atoms with Crippen LogP contribution in [0.15, 0.2) is 77.0 Å². The van der Waals surface area contributed by atoms with E-state index < -0.39 is 11.4 Å². The van der Waals surface area contributed by atoms with Gasteiger partial charge in [-0.15, -0.1) is 16.5 Å². The first kappa shape index (κ1) is 27.3. The molecule has 0 aliphatic heterocycles. The van der Waals surface area contributed by atoms with Gasteiger partial charge >= 0.3 is 0 Å². The fraction of sp³-hybridized carbons (Fsp3) is 0.194. The van der Waals surface area contributed by atoms with E-state index in [1.54, 1.807) is 41.4 Å². The van der Waals surface area contributed by atoms with Gasteiger partial charge in [0.1, 0.15) is 17.3 Å². The Balaban J connectivity index is 1.54. The van der Waals surface area contributed by atoms with E-state index >= 15 is 4.39 Å². The number of halogens is 1. The first-order valence-corrected chi connectivity index (χ1v) is 15.2. The first-order valence-electron chi connectivity index (χ1n) is 13.1. The molecule has 2 aromatic heterocycles. The van der Waals surface area contributed by atoms with Crippen LogP contribution < -0.4 is 9.88 Å². The number of ether oxygens (including phenoxy) is 1. The Labute approximate surface area is 244 Å². The number of nitrogens with two attached hydrogens (primary N) is 1. The summed E-state index contributed by atoms with van der Waals surface area (Å²) in [7, 11) is 1.58. The maximum absolute atomic E-state index is 15.3. The number of aromatic nitrogens is 3. The summed E-state index contributed by atoms with van der Waals surface area (Å²) in [5.74, 6) is 0.848. The van der Waals surface area contributed by atoms with Gasteiger partial charge in [0.15, 0.2) is 11.2 Å². The fourth-order valence-corrected chi connectivity index (χ4v) is 6.06. The van der Waals surface area contributed by atoms with Crippen LogP contribution in [0.25, 0.3) is 27.5 Å². The van der Waals surface area contributed by atoms with Gasteiger partial charge in [-0.05, 0) is 78.8 Å². The largest absolute Gasteiger partial charge is 0.593 e. The van der Waals surface area contributed by atoms with E-state index in [2.05, 4.69) is 4.98 Å². The minimum Gasteiger partial charge on any atom is -0.593 e. The number of hydrogen-bond donors (Lipinski definition) is 1. The lowest BCUT2D eigenvalue weighted by Gasteiger charge is -2.12. The van der Waals surface area contributed by atoms with Crippen molar-refractivity contribution in [1.29, 1.82) is 0 Å². The summed E-state index contributed by atoms with van der Waals surface area (Å²) in [5.41, 5.74) is 5.98. The van der Waals surface area contributed by atoms with E-state index in [4.69, 9.17) is 15.0 Å². The van der Waals surface area contributed by atoms with Crippen LogP contribution in [0.1, 0.15) is 40.2 Å². The highest BCUT2D eigenvalue weighted by molar-refractivity contribution is 7.89. The van der Waals surface area contributed by atoms with Gasteiger partial charge < -0.3 is 9.29 Å². The van der Waals surface area contributed by atoms with Gasteiger partial charge in [-0.3, -0.25) is 4.79 Å². The molecule has 6 rings (SSSR count). The minimum atomic E-state index is -1.56. The van der Waals surface area contributed by atoms with E-state index in [0.29, 0.717) is 44.9 Å². The third-order valence-corrected chi connectivity index (χ3v) is 8.79. The van der Waals surface area contributed by atoms with Gasteiger partial charge in [-0.2, -0.15) is 5.10 Å². The van der Waals surface area contributed by atoms with E-state index in [0.717, 1.165) is 53.6 Å². The lowest BCUT2D eigenvalue weighted by molar-refractivity contribution is 0.111. The predicted octanol–water partition coefficient (Wildman–Crippen LogP) is 6.15. The van der Waals surface area contributed by atoms with Crippen LogP contribution in [-0.2, 0) is 24.2 Å². The van der Waals surface area contributed by atoms with Crippen molar-refractivity contribution in [2.24, 2.45) is 11.1 Å². The van der Waals surface area contributed by atoms with Crippen LogP contribution in [0.4, 0.5) is 4.39 Å². The molecule has 1 aliphatic carbocycles. The van der Waals surface area contributed by atoms with Crippen LogP contribution in [-0.4, -0.2) is 32.7 Å². The van der Waals surface area contributed by atoms with Crippen LogP contribution >= 0.6 is 11.3 Å². The molecule has 0 bridgehead atoms. The van der Waals surface area contributed by atoms with Crippen molar-refractivity contribution in [2.45, 2.75) is 30.6 Å². The fourth-order valence-electron chi connectivity index (χ4n) is 4.93. The number of hydrogen-bond acceptors (Lipinski definition) is 7. The van der Waals surface area contributed by atoms with Crippen LogP contribution in [0.2, 0.25) is 0 Å². The molecule has 2 heterocycles. The average molecular weight is 587 g/mol. The number of benzene rings is 3. The highest BCUT2D eigenvalue weighted by Gasteiger charge is 2.29. The molecule has 41 heavy (non-hydrogen) atoms. The summed E-state index contributed by atoms with van der Waals surface area (Å²) in [6.45, 7) is 0. The predicted molar refractivity (Wildman–Crippen MR) is 158 cm³/mol. The molecule has 1 aliphatic rings. The van der Waals surface area contributed by atoms with Crippen molar-refractivity contribution < 1.29 is 18.5 Å². The van der Waals surface area contributed by atoms with Crippen molar-refractivity contribution in [3.05, 3.63) is 100 Å². The second-order valence-electron chi connectivity index (χ2n) is 10.1. The summed E-state index contributed by atoms with van der Waals surface area (Å²) in [5, 5.41) is 12.9. The molecule has 0 spiro atoms. The topological polar surface area (TPSA) is 106 Å². The Morgan fingerprint density at radius 1 is 1.15 bits per heavy atom. The molecule has 1 unspecified atom stereocenters. The van der Waals surface area contributed by atoms with Crippen LogP contribution in [0.3, 0.4) is 0 Å². The smallest absolute Gasteiger partial charge is 0.211 e. The highest BCUT2D eigenvalue weighted by Crippen LogP contribution is 2.39. The maximum Gasteiger partial charge on any atom is 0.211 e. The van der Waals surface area contributed by atoms with E-state index in [-0.39, 0.29) is 5.82 Å². The Morgan fingerprint density at radius 2 is 1.95 bits per heavy atom. The quantitative estimate of drug-likeness (QED) is 0.156. The van der Waals surface area contributed by atoms with Crippen molar-refractivity contribution in [2.75, 3.05) is 7.11 Å². The van der Waals surface area contributed by atoms with Crippen LogP contribution in [0.5, 0.6) is 5.75 Å². The molecule has 0 saturated heterocycles. The zero-order valence-electron chi connectivity index (χ0n) is 22.2. The summed E-state index contributed by atoms with van der Waals surface area (Å²) in [6, 6.07) is 19.7. The molecule has 208 valence electrons. The number of nitrogens with zero attached hydrogens (tertiary/aromatic N) is 3. The van der Waals surface area contributed by atoms with E-state index in [1.165, 1.54) is 17.4 Å². The maximum atomic E-state index is 15.3. The zero-order valence-corrected chi connectivity index (χ0v) is 23.9. The van der Waals surface area contributed by atoms with Gasteiger partial charge in [-0.25, -0.2) is 14.1 Å². The van der Waals surface area contributed by atoms with E-state index in [1.807, 2.05) is 36.4 Å². The molecular formula is C31H27FN4O3S2. The van der Waals surface area contributed by atoms with Crippen molar-refractivity contribution in [1.82, 2.24) is 14.8 Å². The van der Waals surface area contributed by atoms with Gasteiger partial charge in [0.05, 0.1) is 29.9 Å². The summed E-state index contributed by atoms with van der Waals surface area (Å²) >= 11 is -0.231. The van der Waals surface area contributed by atoms with Crippen molar-refractivity contribution >= 4 is 29.0 Å². The standard InChI is InChI=1S/C31H27FN4O3S2/c1-39-24-4-2-3-21(15-24)26-16-22(9-12-28(26)32)30-27(13-19-7-10-25(11-8-19)41(33)38)29(14-20-5-6-20)35-36(30)31-34-23(17-37)18-40-31/h2-4,7-12,15-18,20H,5-6,13-14,33H2,1H3. The molecule has 0 amide bonds. The SMILES string of the molecule is COc1cccc(-c2cc(-c3c(Cc4ccc([S+](N)[O-])cc4)c(CC4CC4)nn3-c3nc(C=O)cs3)ccc2F)c1. The lowest BCUT2D eigenvalue weighted by atomic mass is 9.95. The summed E-state index contributed by atoms with van der Waals surface area (Å²) < 4.78 is 34.2. The van der Waals surface area contributed by atoms with Crippen molar-refractivity contribution in [3.63, 3.8) is 0 Å². The molecule has 5 aromatic rings. The molecule has 10 heteroatoms. The number of rotatable bonds is 10. The second-order valence-corrected chi connectivity index (χ2v) is 12.0. The van der Waals surface area contributed by atoms with Gasteiger partial charge in [0, 0.05) is 28.5 Å². The van der Waals surface area contributed by atoms with Gasteiger partial charge in [0.2, 0.25) is 5.13 Å². The Kier molecular flexibility index (Phi) is 7.72. The Hall–Kier alpha value is -3.83. The number of thiazole rings is 1. The second kappa shape index (κ2) is 11.6. The van der Waals surface area contributed by atoms with E-state index in [9.17, 15) is 9.35 Å². The zero-order chi connectivity index (χ0) is 28.5. The molecule has 3 aromatic carbocycles. The van der Waals surface area contributed by atoms with Crippen molar-refractivity contribution in [3.8, 4) is 33.3 Å². The number of aldehydes is 1. The molecule has 2 N–H and O–H groups in total. The summed E-state index contributed by atoms with van der Waals surface area (Å²) in [4.78, 5) is 16.5. The Morgan fingerprint density at radius 3 is 2.63 bits per heavy atom. The molecule has 1 fully saturated rings. The molecule has 0 radical (unpaired) electrons. The molecule has 7 nitrogen and oxygen atoms in total. The minimum absolute atomic E-state index is 0.332. The molecule has 1 atom stereocenters. The van der Waals surface area contributed by atoms with Crippen LogP contribution in [0, 0.1) is 11.7 Å².